The van der Waals surface area contributed by atoms with E-state index >= 15 is 0 Å². The molecule has 0 aliphatic heterocycles. The van der Waals surface area contributed by atoms with Crippen LogP contribution in [0.2, 0.25) is 0 Å². The first-order valence-corrected chi connectivity index (χ1v) is 11.7. The Morgan fingerprint density at radius 1 is 0.724 bits per heavy atom. The molecule has 0 unspecified atom stereocenters. The van der Waals surface area contributed by atoms with Gasteiger partial charge >= 0.3 is 6.18 Å². The average Bonchev–Trinajstić information content (AvgIpc) is 2.68. The van der Waals surface area contributed by atoms with Gasteiger partial charge in [-0.05, 0) is 12.8 Å². The number of halogens is 3. The maximum atomic E-state index is 12.0. The Kier molecular flexibility index (Phi) is 19.5. The molecule has 1 atom stereocenters. The lowest BCUT2D eigenvalue weighted by Crippen LogP contribution is -2.27. The normalized spacial score (nSPS) is 13.0. The summed E-state index contributed by atoms with van der Waals surface area (Å²) >= 11 is 4.80. The van der Waals surface area contributed by atoms with Crippen molar-refractivity contribution in [1.82, 2.24) is 0 Å². The van der Waals surface area contributed by atoms with Gasteiger partial charge in [-0.1, -0.05) is 95.7 Å². The molecule has 0 aliphatic rings. The van der Waals surface area contributed by atoms with E-state index in [0.717, 1.165) is 32.1 Å². The molecule has 2 N–H and O–H groups in total. The van der Waals surface area contributed by atoms with Crippen molar-refractivity contribution >= 4 is 17.1 Å². The van der Waals surface area contributed by atoms with E-state index in [2.05, 4.69) is 0 Å². The van der Waals surface area contributed by atoms with E-state index < -0.39 is 18.7 Å². The molecule has 0 saturated heterocycles. The molecule has 0 amide bonds. The number of ether oxygens (including phenoxy) is 1. The average molecular weight is 443 g/mol. The fourth-order valence-corrected chi connectivity index (χ4v) is 3.29. The second-order valence-corrected chi connectivity index (χ2v) is 8.41. The van der Waals surface area contributed by atoms with Crippen LogP contribution in [0, 0.1) is 0 Å². The second-order valence-electron chi connectivity index (χ2n) is 7.88. The molecule has 0 aromatic rings. The number of hydrogen-bond acceptors (Lipinski definition) is 4. The van der Waals surface area contributed by atoms with Crippen LogP contribution in [-0.2, 0) is 4.74 Å². The van der Waals surface area contributed by atoms with Crippen molar-refractivity contribution in [1.29, 1.82) is 0 Å². The van der Waals surface area contributed by atoms with Crippen molar-refractivity contribution in [2.24, 2.45) is 0 Å². The quantitative estimate of drug-likeness (QED) is 0.157. The lowest BCUT2D eigenvalue weighted by molar-refractivity contribution is -0.135. The van der Waals surface area contributed by atoms with Crippen molar-refractivity contribution in [2.75, 3.05) is 19.8 Å². The van der Waals surface area contributed by atoms with E-state index in [0.29, 0.717) is 13.0 Å². The minimum absolute atomic E-state index is 0.164. The number of alkyl halides is 3. The minimum atomic E-state index is -3.99. The first-order chi connectivity index (χ1) is 13.9. The van der Waals surface area contributed by atoms with Crippen LogP contribution in [0.25, 0.3) is 0 Å². The summed E-state index contributed by atoms with van der Waals surface area (Å²) in [6.07, 6.45) is 10.7. The minimum Gasteiger partial charge on any atom is -0.391 e. The summed E-state index contributed by atoms with van der Waals surface area (Å²) in [5, 5.41) is 18.3. The smallest absolute Gasteiger partial charge is 0.389 e. The lowest BCUT2D eigenvalue weighted by atomic mass is 10.0. The molecule has 3 nitrogen and oxygen atoms in total. The van der Waals surface area contributed by atoms with Crippen molar-refractivity contribution in [2.45, 2.75) is 115 Å². The third kappa shape index (κ3) is 22.3. The van der Waals surface area contributed by atoms with Crippen molar-refractivity contribution < 1.29 is 28.1 Å². The molecule has 0 aromatic carbocycles. The zero-order valence-electron chi connectivity index (χ0n) is 17.9. The van der Waals surface area contributed by atoms with Crippen LogP contribution in [0.1, 0.15) is 103 Å². The number of aliphatic hydroxyl groups excluding tert-OH is 2. The van der Waals surface area contributed by atoms with E-state index in [1.807, 2.05) is 0 Å². The monoisotopic (exact) mass is 442 g/mol. The highest BCUT2D eigenvalue weighted by molar-refractivity contribution is 7.80. The molecule has 0 radical (unpaired) electrons. The predicted molar refractivity (Wildman–Crippen MR) is 116 cm³/mol. The Bertz CT molecular complexity index is 379. The molecule has 0 aromatic heterocycles. The third-order valence-electron chi connectivity index (χ3n) is 5.05. The van der Waals surface area contributed by atoms with Gasteiger partial charge in [0.15, 0.2) is 0 Å². The Labute approximate surface area is 180 Å². The van der Waals surface area contributed by atoms with Crippen LogP contribution in [0.15, 0.2) is 0 Å². The summed E-state index contributed by atoms with van der Waals surface area (Å²) in [4.78, 5) is 0.227. The standard InChI is InChI=1S/C22H41F3O3S/c23-22(24,25)16-14-12-10-8-6-4-2-1-3-5-7-9-11-13-15-17-28-19-20(27)21(29)18-26/h20,26-27H,1-19H2/t20-/m1/s1. The Balaban J connectivity index is 3.13. The predicted octanol–water partition coefficient (Wildman–Crippen LogP) is 6.53. The molecule has 0 rings (SSSR count). The van der Waals surface area contributed by atoms with Crippen molar-refractivity contribution in [3.05, 3.63) is 0 Å². The molecule has 0 saturated carbocycles. The van der Waals surface area contributed by atoms with Gasteiger partial charge in [0.25, 0.3) is 0 Å². The van der Waals surface area contributed by atoms with Gasteiger partial charge in [0.2, 0.25) is 0 Å². The van der Waals surface area contributed by atoms with Crippen LogP contribution in [0.3, 0.4) is 0 Å². The summed E-state index contributed by atoms with van der Waals surface area (Å²) in [6, 6.07) is 0. The number of thiocarbonyl (C=S) groups is 1. The molecular weight excluding hydrogens is 401 g/mol. The van der Waals surface area contributed by atoms with E-state index in [1.54, 1.807) is 0 Å². The maximum Gasteiger partial charge on any atom is 0.389 e. The first-order valence-electron chi connectivity index (χ1n) is 11.3. The molecule has 0 fully saturated rings. The molecule has 29 heavy (non-hydrogen) atoms. The molecule has 0 aliphatic carbocycles. The van der Waals surface area contributed by atoms with Crippen LogP contribution < -0.4 is 0 Å². The number of unbranched alkanes of at least 4 members (excludes halogenated alkanes) is 14. The summed E-state index contributed by atoms with van der Waals surface area (Å²) < 4.78 is 41.4. The maximum absolute atomic E-state index is 12.0. The van der Waals surface area contributed by atoms with Gasteiger partial charge in [-0.2, -0.15) is 13.2 Å². The molecular formula is C22H41F3O3S. The van der Waals surface area contributed by atoms with E-state index in [4.69, 9.17) is 22.1 Å². The lowest BCUT2D eigenvalue weighted by Gasteiger charge is -2.10. The van der Waals surface area contributed by atoms with E-state index in [-0.39, 0.29) is 24.5 Å². The first kappa shape index (κ1) is 28.8. The van der Waals surface area contributed by atoms with Crippen molar-refractivity contribution in [3.8, 4) is 0 Å². The third-order valence-corrected chi connectivity index (χ3v) is 5.45. The zero-order chi connectivity index (χ0) is 21.8. The summed E-state index contributed by atoms with van der Waals surface area (Å²) in [6.45, 7) is 0.499. The Morgan fingerprint density at radius 2 is 1.10 bits per heavy atom. The van der Waals surface area contributed by atoms with Crippen LogP contribution in [-0.4, -0.2) is 47.2 Å². The largest absolute Gasteiger partial charge is 0.391 e. The Morgan fingerprint density at radius 3 is 1.48 bits per heavy atom. The van der Waals surface area contributed by atoms with Crippen LogP contribution >= 0.6 is 12.2 Å². The zero-order valence-corrected chi connectivity index (χ0v) is 18.7. The summed E-state index contributed by atoms with van der Waals surface area (Å²) in [7, 11) is 0. The van der Waals surface area contributed by atoms with Gasteiger partial charge < -0.3 is 14.9 Å². The highest BCUT2D eigenvalue weighted by Gasteiger charge is 2.25. The van der Waals surface area contributed by atoms with Gasteiger partial charge in [0.05, 0.1) is 13.2 Å². The number of aliphatic hydroxyl groups is 2. The van der Waals surface area contributed by atoms with Gasteiger partial charge in [0.1, 0.15) is 6.10 Å². The molecule has 174 valence electrons. The SMILES string of the molecule is OCC(=S)[C@H](O)COCCCCCCCCCCCCCCCCCC(F)(F)F. The molecule has 7 heteroatoms. The van der Waals surface area contributed by atoms with E-state index in [1.165, 1.54) is 51.4 Å². The second kappa shape index (κ2) is 19.7. The van der Waals surface area contributed by atoms with Crippen molar-refractivity contribution in [3.63, 3.8) is 0 Å². The van der Waals surface area contributed by atoms with Crippen LogP contribution in [0.4, 0.5) is 13.2 Å². The Hall–Kier alpha value is -0.240. The summed E-state index contributed by atoms with van der Waals surface area (Å²) in [5.41, 5.74) is 0. The topological polar surface area (TPSA) is 49.7 Å². The fraction of sp³-hybridized carbons (Fsp3) is 0.955. The summed E-state index contributed by atoms with van der Waals surface area (Å²) in [5.74, 6) is 0. The van der Waals surface area contributed by atoms with Gasteiger partial charge in [-0.3, -0.25) is 0 Å². The molecule has 0 heterocycles. The van der Waals surface area contributed by atoms with Gasteiger partial charge in [0, 0.05) is 17.9 Å². The highest BCUT2D eigenvalue weighted by Crippen LogP contribution is 2.23. The number of hydrogen-bond donors (Lipinski definition) is 2. The molecule has 0 spiro atoms. The van der Waals surface area contributed by atoms with Gasteiger partial charge in [-0.15, -0.1) is 0 Å². The highest BCUT2D eigenvalue weighted by atomic mass is 32.1. The molecule has 0 bridgehead atoms. The fourth-order valence-electron chi connectivity index (χ4n) is 3.22. The van der Waals surface area contributed by atoms with Crippen LogP contribution in [0.5, 0.6) is 0 Å². The van der Waals surface area contributed by atoms with Gasteiger partial charge in [-0.25, -0.2) is 0 Å². The number of rotatable bonds is 21. The van der Waals surface area contributed by atoms with E-state index in [9.17, 15) is 18.3 Å².